The molecule has 0 aliphatic carbocycles. The summed E-state index contributed by atoms with van der Waals surface area (Å²) in [6.45, 7) is 7.09. The molecule has 0 radical (unpaired) electrons. The van der Waals surface area contributed by atoms with E-state index >= 15 is 0 Å². The van der Waals surface area contributed by atoms with Crippen molar-refractivity contribution in [2.24, 2.45) is 0 Å². The summed E-state index contributed by atoms with van der Waals surface area (Å²) in [5.74, 6) is 0. The molecule has 2 aliphatic heterocycles. The van der Waals surface area contributed by atoms with Crippen molar-refractivity contribution >= 4 is 6.03 Å². The van der Waals surface area contributed by atoms with Gasteiger partial charge in [-0.2, -0.15) is 15.0 Å². The van der Waals surface area contributed by atoms with Gasteiger partial charge >= 0.3 is 6.03 Å². The second-order valence-electron chi connectivity index (χ2n) is 5.96. The molecule has 2 saturated heterocycles. The Morgan fingerprint density at radius 1 is 1.45 bits per heavy atom. The van der Waals surface area contributed by atoms with E-state index in [1.54, 1.807) is 6.07 Å². The third-order valence-corrected chi connectivity index (χ3v) is 4.63. The smallest absolute Gasteiger partial charge is 0.316 e. The average Bonchev–Trinajstić information content (AvgIpc) is 3.05. The van der Waals surface area contributed by atoms with Crippen molar-refractivity contribution in [3.63, 3.8) is 0 Å². The maximum Gasteiger partial charge on any atom is 0.346 e. The third-order valence-electron chi connectivity index (χ3n) is 4.63. The molecular weight excluding hydrogens is 254 g/mol. The van der Waals surface area contributed by atoms with Gasteiger partial charge in [-0.3, -0.25) is 4.90 Å². The van der Waals surface area contributed by atoms with Gasteiger partial charge in [0.2, 0.25) is 0 Å². The highest BCUT2D eigenvalue weighted by atomic mass is 16.2. The summed E-state index contributed by atoms with van der Waals surface area (Å²) in [6.07, 6.45) is 3.56. The minimum Gasteiger partial charge on any atom is -0.316 e. The fourth-order valence-corrected chi connectivity index (χ4v) is 3.25. The number of amides is 1. The molecule has 0 N–H and O–H groups in total. The first-order chi connectivity index (χ1) is 9.57. The maximum atomic E-state index is 12.6. The summed E-state index contributed by atoms with van der Waals surface area (Å²) < 4.78 is 1.22. The SMILES string of the molecule is CC(C)N1CCC2(CCN2C(=O)n2nccc2C#N)C1. The number of rotatable bonds is 1. The molecule has 1 aromatic rings. The van der Waals surface area contributed by atoms with Crippen LogP contribution in [0.2, 0.25) is 0 Å². The molecule has 1 aromatic heterocycles. The van der Waals surface area contributed by atoms with Crippen molar-refractivity contribution in [1.82, 2.24) is 19.6 Å². The normalized spacial score (nSPS) is 26.0. The molecule has 2 fully saturated rings. The van der Waals surface area contributed by atoms with E-state index in [9.17, 15) is 4.79 Å². The Bertz CT molecular complexity index is 572. The summed E-state index contributed by atoms with van der Waals surface area (Å²) in [4.78, 5) is 16.9. The highest BCUT2D eigenvalue weighted by Gasteiger charge is 2.52. The van der Waals surface area contributed by atoms with Gasteiger partial charge in [-0.1, -0.05) is 0 Å². The van der Waals surface area contributed by atoms with Gasteiger partial charge < -0.3 is 4.90 Å². The number of likely N-dealkylation sites (tertiary alicyclic amines) is 2. The first-order valence-electron chi connectivity index (χ1n) is 7.07. The first kappa shape index (κ1) is 13.1. The zero-order valence-electron chi connectivity index (χ0n) is 11.9. The molecule has 1 amide bonds. The minimum absolute atomic E-state index is 0.0416. The lowest BCUT2D eigenvalue weighted by Crippen LogP contribution is -2.64. The monoisotopic (exact) mass is 273 g/mol. The molecule has 3 heterocycles. The van der Waals surface area contributed by atoms with Gasteiger partial charge in [0, 0.05) is 25.7 Å². The Labute approximate surface area is 118 Å². The van der Waals surface area contributed by atoms with Crippen molar-refractivity contribution in [3.05, 3.63) is 18.0 Å². The van der Waals surface area contributed by atoms with Crippen molar-refractivity contribution in [2.45, 2.75) is 38.3 Å². The fourth-order valence-electron chi connectivity index (χ4n) is 3.25. The van der Waals surface area contributed by atoms with Crippen LogP contribution in [-0.2, 0) is 0 Å². The summed E-state index contributed by atoms with van der Waals surface area (Å²) >= 11 is 0. The van der Waals surface area contributed by atoms with E-state index in [0.717, 1.165) is 32.5 Å². The lowest BCUT2D eigenvalue weighted by Gasteiger charge is -2.50. The van der Waals surface area contributed by atoms with E-state index in [4.69, 9.17) is 5.26 Å². The molecule has 2 aliphatic rings. The van der Waals surface area contributed by atoms with Gasteiger partial charge in [-0.05, 0) is 32.8 Å². The van der Waals surface area contributed by atoms with E-state index in [0.29, 0.717) is 11.7 Å². The van der Waals surface area contributed by atoms with Crippen molar-refractivity contribution in [1.29, 1.82) is 5.26 Å². The molecule has 0 saturated carbocycles. The van der Waals surface area contributed by atoms with Crippen LogP contribution in [0.5, 0.6) is 0 Å². The molecule has 1 atom stereocenters. The number of hydrogen-bond donors (Lipinski definition) is 0. The van der Waals surface area contributed by atoms with E-state index < -0.39 is 0 Å². The zero-order valence-corrected chi connectivity index (χ0v) is 11.9. The van der Waals surface area contributed by atoms with Gasteiger partial charge in [0.25, 0.3) is 0 Å². The van der Waals surface area contributed by atoms with Crippen molar-refractivity contribution in [3.8, 4) is 6.07 Å². The average molecular weight is 273 g/mol. The number of carbonyl (C=O) groups excluding carboxylic acids is 1. The van der Waals surface area contributed by atoms with E-state index in [2.05, 4.69) is 23.8 Å². The Morgan fingerprint density at radius 2 is 2.20 bits per heavy atom. The molecular formula is C14H19N5O. The van der Waals surface area contributed by atoms with Gasteiger partial charge in [-0.25, -0.2) is 4.79 Å². The van der Waals surface area contributed by atoms with E-state index in [1.165, 1.54) is 10.9 Å². The van der Waals surface area contributed by atoms with E-state index in [-0.39, 0.29) is 11.6 Å². The molecule has 3 rings (SSSR count). The molecule has 20 heavy (non-hydrogen) atoms. The highest BCUT2D eigenvalue weighted by Crippen LogP contribution is 2.40. The molecule has 1 unspecified atom stereocenters. The predicted molar refractivity (Wildman–Crippen MR) is 73.1 cm³/mol. The summed E-state index contributed by atoms with van der Waals surface area (Å²) in [7, 11) is 0. The minimum atomic E-state index is -0.164. The Balaban J connectivity index is 1.79. The number of carbonyl (C=O) groups is 1. The Kier molecular flexibility index (Phi) is 3.02. The van der Waals surface area contributed by atoms with Crippen LogP contribution in [0.4, 0.5) is 4.79 Å². The first-order valence-corrected chi connectivity index (χ1v) is 7.07. The molecule has 0 aromatic carbocycles. The lowest BCUT2D eigenvalue weighted by atomic mass is 9.84. The van der Waals surface area contributed by atoms with Crippen LogP contribution in [-0.4, -0.2) is 56.8 Å². The quantitative estimate of drug-likeness (QED) is 0.773. The number of nitrogens with zero attached hydrogens (tertiary/aromatic N) is 5. The third kappa shape index (κ3) is 1.81. The van der Waals surface area contributed by atoms with Crippen LogP contribution >= 0.6 is 0 Å². The fraction of sp³-hybridized carbons (Fsp3) is 0.643. The summed E-state index contributed by atoms with van der Waals surface area (Å²) in [6, 6.07) is 3.92. The van der Waals surface area contributed by atoms with Gasteiger partial charge in [-0.15, -0.1) is 0 Å². The lowest BCUT2D eigenvalue weighted by molar-refractivity contribution is 0.0275. The van der Waals surface area contributed by atoms with Crippen molar-refractivity contribution in [2.75, 3.05) is 19.6 Å². The Morgan fingerprint density at radius 3 is 2.75 bits per heavy atom. The van der Waals surface area contributed by atoms with Crippen LogP contribution in [0.15, 0.2) is 12.3 Å². The van der Waals surface area contributed by atoms with Crippen LogP contribution in [0, 0.1) is 11.3 Å². The molecule has 6 heteroatoms. The molecule has 106 valence electrons. The Hall–Kier alpha value is -1.87. The predicted octanol–water partition coefficient (Wildman–Crippen LogP) is 1.28. The second-order valence-corrected chi connectivity index (χ2v) is 5.96. The van der Waals surface area contributed by atoms with Crippen LogP contribution in [0.1, 0.15) is 32.4 Å². The summed E-state index contributed by atoms with van der Waals surface area (Å²) in [5.41, 5.74) is 0.260. The highest BCUT2D eigenvalue weighted by molar-refractivity contribution is 5.79. The largest absolute Gasteiger partial charge is 0.346 e. The van der Waals surface area contributed by atoms with E-state index in [1.807, 2.05) is 11.0 Å². The number of nitriles is 1. The van der Waals surface area contributed by atoms with Crippen LogP contribution in [0.25, 0.3) is 0 Å². The second kappa shape index (κ2) is 4.60. The number of hydrogen-bond acceptors (Lipinski definition) is 4. The molecule has 0 bridgehead atoms. The molecule has 6 nitrogen and oxygen atoms in total. The molecule has 1 spiro atoms. The topological polar surface area (TPSA) is 65.2 Å². The van der Waals surface area contributed by atoms with Crippen LogP contribution in [0.3, 0.4) is 0 Å². The van der Waals surface area contributed by atoms with Gasteiger partial charge in [0.1, 0.15) is 11.8 Å². The van der Waals surface area contributed by atoms with Crippen molar-refractivity contribution < 1.29 is 4.79 Å². The summed E-state index contributed by atoms with van der Waals surface area (Å²) in [5, 5.41) is 13.0. The standard InChI is InChI=1S/C14H19N5O/c1-11(2)17-7-4-14(10-17)5-8-18(14)13(20)19-12(9-15)3-6-16-19/h3,6,11H,4-5,7-8,10H2,1-2H3. The van der Waals surface area contributed by atoms with Gasteiger partial charge in [0.15, 0.2) is 0 Å². The maximum absolute atomic E-state index is 12.6. The zero-order chi connectivity index (χ0) is 14.3. The van der Waals surface area contributed by atoms with Crippen LogP contribution < -0.4 is 0 Å². The number of aromatic nitrogens is 2. The van der Waals surface area contributed by atoms with Gasteiger partial charge in [0.05, 0.1) is 11.7 Å².